The van der Waals surface area contributed by atoms with Gasteiger partial charge in [0.2, 0.25) is 0 Å². The van der Waals surface area contributed by atoms with E-state index in [-0.39, 0.29) is 27.6 Å². The molecule has 0 aromatic heterocycles. The van der Waals surface area contributed by atoms with Crippen molar-refractivity contribution < 1.29 is 0 Å². The molecule has 14 aromatic carbocycles. The quantitative estimate of drug-likeness (QED) is 0.126. The minimum Gasteiger partial charge on any atom is -0.310 e. The summed E-state index contributed by atoms with van der Waals surface area (Å²) in [7, 11) is 0. The summed E-state index contributed by atoms with van der Waals surface area (Å²) in [5, 5.41) is 4.85. The van der Waals surface area contributed by atoms with Gasteiger partial charge in [0.05, 0.1) is 0 Å². The molecule has 0 fully saturated rings. The highest BCUT2D eigenvalue weighted by Crippen LogP contribution is 2.58. The van der Waals surface area contributed by atoms with Crippen molar-refractivity contribution in [3.63, 3.8) is 0 Å². The van der Waals surface area contributed by atoms with E-state index >= 15 is 0 Å². The summed E-state index contributed by atoms with van der Waals surface area (Å²) in [6, 6.07) is 111. The van der Waals surface area contributed by atoms with E-state index in [1.165, 1.54) is 150 Å². The second-order valence-corrected chi connectivity index (χ2v) is 30.7. The highest BCUT2D eigenvalue weighted by molar-refractivity contribution is 6.21. The van der Waals surface area contributed by atoms with Gasteiger partial charge in [0.25, 0.3) is 0 Å². The number of benzene rings is 14. The number of hydrogen-bond donors (Lipinski definition) is 0. The number of anilines is 6. The molecule has 480 valence electrons. The summed E-state index contributed by atoms with van der Waals surface area (Å²) in [6.07, 6.45) is 8.00. The van der Waals surface area contributed by atoms with Gasteiger partial charge in [-0.3, -0.25) is 0 Å². The summed E-state index contributed by atoms with van der Waals surface area (Å²) >= 11 is 0. The predicted molar refractivity (Wildman–Crippen MR) is 423 cm³/mol. The average Bonchev–Trinajstić information content (AvgIpc) is 1.20. The van der Waals surface area contributed by atoms with Crippen molar-refractivity contribution in [3.05, 3.63) is 365 Å². The van der Waals surface area contributed by atoms with Crippen LogP contribution in [-0.4, -0.2) is 0 Å². The Labute approximate surface area is 588 Å². The molecular formula is C98H78N2. The van der Waals surface area contributed by atoms with E-state index in [1.807, 2.05) is 0 Å². The van der Waals surface area contributed by atoms with Crippen molar-refractivity contribution in [2.24, 2.45) is 0 Å². The van der Waals surface area contributed by atoms with Crippen LogP contribution in [0.15, 0.2) is 309 Å². The molecule has 2 nitrogen and oxygen atoms in total. The maximum absolute atomic E-state index is 2.57. The number of rotatable bonds is 10. The molecule has 0 saturated carbocycles. The SMILES string of the molecule is CC1(C)c2ccccc2-c2ccc(N(c3ccc4c(c3)C(C)(C)c3ccccc3-4)c3ccc4c(-c5cccc(-c6ccccc6)c5)c5cc(N(c6ccc7c(c6)C(C)(C)c6ccccc6-7)c6ccc7c(c6)C(C)(C)c6ccccc6-7)ccc5c(C5=CC=CC(c6ccccc6)C5)c4c3)cc21. The van der Waals surface area contributed by atoms with E-state index in [9.17, 15) is 0 Å². The fourth-order valence-electron chi connectivity index (χ4n) is 18.6. The molecule has 0 N–H and O–H groups in total. The van der Waals surface area contributed by atoms with Gasteiger partial charge in [-0.2, -0.15) is 0 Å². The number of nitrogens with zero attached hydrogens (tertiary/aromatic N) is 2. The molecule has 1 atom stereocenters. The van der Waals surface area contributed by atoms with Crippen LogP contribution < -0.4 is 9.80 Å². The molecule has 2 heteroatoms. The van der Waals surface area contributed by atoms with Crippen molar-refractivity contribution in [2.45, 2.75) is 89.4 Å². The van der Waals surface area contributed by atoms with Crippen LogP contribution in [0, 0.1) is 0 Å². The minimum atomic E-state index is -0.205. The largest absolute Gasteiger partial charge is 0.310 e. The minimum absolute atomic E-state index is 0.186. The van der Waals surface area contributed by atoms with Crippen LogP contribution in [0.4, 0.5) is 34.1 Å². The molecule has 100 heavy (non-hydrogen) atoms. The number of fused-ring (bicyclic) bond motifs is 14. The van der Waals surface area contributed by atoms with Crippen molar-refractivity contribution in [1.29, 1.82) is 0 Å². The van der Waals surface area contributed by atoms with Crippen LogP contribution in [0.3, 0.4) is 0 Å². The van der Waals surface area contributed by atoms with Crippen molar-refractivity contribution >= 4 is 61.2 Å². The summed E-state index contributed by atoms with van der Waals surface area (Å²) in [5.41, 5.74) is 36.0. The first-order valence-electron chi connectivity index (χ1n) is 35.8. The normalized spacial score (nSPS) is 16.2. The fourth-order valence-corrected chi connectivity index (χ4v) is 18.6. The van der Waals surface area contributed by atoms with E-state index in [0.717, 1.165) is 40.5 Å². The van der Waals surface area contributed by atoms with Crippen LogP contribution in [0.5, 0.6) is 0 Å². The Morgan fingerprint density at radius 2 is 0.590 bits per heavy atom. The second-order valence-electron chi connectivity index (χ2n) is 30.7. The van der Waals surface area contributed by atoms with E-state index < -0.39 is 0 Å². The zero-order valence-corrected chi connectivity index (χ0v) is 58.1. The molecule has 0 spiro atoms. The first-order valence-corrected chi connectivity index (χ1v) is 35.8. The molecule has 0 heterocycles. The van der Waals surface area contributed by atoms with Crippen LogP contribution in [0.2, 0.25) is 0 Å². The standard InChI is InChI=1S/C98H78N2/c1-95(2)85-37-19-15-33-73(85)77-47-41-69(57-89(77)95)99(70-42-48-78-74-34-16-20-38-86(74)96(3,4)90(78)58-70)67-45-51-81-83(55-67)93(65-31-23-29-63(53-65)61-25-11-9-12-26-61)82-52-46-68(56-84(82)94(81)66-32-24-30-64(54-66)62-27-13-10-14-28-62)100(71-43-49-79-75-35-17-21-39-87(75)97(5,6)91(79)59-71)72-44-50-80-76-36-18-22-40-88(76)98(7,8)92(80)60-72/h9-53,55-60,64H,54H2,1-8H3. The van der Waals surface area contributed by atoms with Gasteiger partial charge in [-0.1, -0.05) is 286 Å². The van der Waals surface area contributed by atoms with Crippen LogP contribution in [0.1, 0.15) is 123 Å². The molecule has 0 bridgehead atoms. The zero-order valence-electron chi connectivity index (χ0n) is 58.1. The number of hydrogen-bond acceptors (Lipinski definition) is 2. The third kappa shape index (κ3) is 8.95. The van der Waals surface area contributed by atoms with Crippen molar-refractivity contribution in [1.82, 2.24) is 0 Å². The topological polar surface area (TPSA) is 6.48 Å². The molecule has 0 radical (unpaired) electrons. The Morgan fingerprint density at radius 1 is 0.260 bits per heavy atom. The third-order valence-corrected chi connectivity index (χ3v) is 23.8. The first-order chi connectivity index (χ1) is 48.6. The van der Waals surface area contributed by atoms with Gasteiger partial charge in [-0.25, -0.2) is 0 Å². The molecular weight excluding hydrogens is 1210 g/mol. The van der Waals surface area contributed by atoms with E-state index in [4.69, 9.17) is 0 Å². The average molecular weight is 1280 g/mol. The molecule has 5 aliphatic carbocycles. The lowest BCUT2D eigenvalue weighted by atomic mass is 9.80. The highest BCUT2D eigenvalue weighted by Gasteiger charge is 2.41. The van der Waals surface area contributed by atoms with Gasteiger partial charge < -0.3 is 9.80 Å². The van der Waals surface area contributed by atoms with Crippen LogP contribution >= 0.6 is 0 Å². The van der Waals surface area contributed by atoms with Crippen molar-refractivity contribution in [2.75, 3.05) is 9.80 Å². The Kier molecular flexibility index (Phi) is 13.2. The van der Waals surface area contributed by atoms with E-state index in [0.29, 0.717) is 0 Å². The fraction of sp³-hybridized carbons (Fsp3) is 0.143. The summed E-state index contributed by atoms with van der Waals surface area (Å²) in [4.78, 5) is 5.13. The lowest BCUT2D eigenvalue weighted by Gasteiger charge is -2.31. The Hall–Kier alpha value is -11.3. The van der Waals surface area contributed by atoms with Gasteiger partial charge >= 0.3 is 0 Å². The van der Waals surface area contributed by atoms with Gasteiger partial charge in [-0.05, 0) is 235 Å². The Balaban J connectivity index is 0.888. The first kappa shape index (κ1) is 59.9. The number of allylic oxidation sites excluding steroid dienone is 4. The van der Waals surface area contributed by atoms with Gasteiger partial charge in [0, 0.05) is 61.7 Å². The molecule has 1 unspecified atom stereocenters. The molecule has 14 aromatic rings. The molecule has 0 aliphatic heterocycles. The predicted octanol–water partition coefficient (Wildman–Crippen LogP) is 26.6. The van der Waals surface area contributed by atoms with Gasteiger partial charge in [0.1, 0.15) is 0 Å². The Bertz CT molecular complexity index is 5620. The second kappa shape index (κ2) is 22.1. The molecule has 0 amide bonds. The van der Waals surface area contributed by atoms with Gasteiger partial charge in [-0.15, -0.1) is 0 Å². The molecule has 5 aliphatic rings. The zero-order chi connectivity index (χ0) is 67.6. The lowest BCUT2D eigenvalue weighted by molar-refractivity contribution is 0.659. The van der Waals surface area contributed by atoms with Gasteiger partial charge in [0.15, 0.2) is 0 Å². The molecule has 0 saturated heterocycles. The molecule has 19 rings (SSSR count). The van der Waals surface area contributed by atoms with E-state index in [1.54, 1.807) is 0 Å². The third-order valence-electron chi connectivity index (χ3n) is 23.8. The summed E-state index contributed by atoms with van der Waals surface area (Å²) in [6.45, 7) is 19.2. The van der Waals surface area contributed by atoms with Crippen molar-refractivity contribution in [3.8, 4) is 66.8 Å². The summed E-state index contributed by atoms with van der Waals surface area (Å²) in [5.74, 6) is 0.186. The smallest absolute Gasteiger partial charge is 0.0468 e. The lowest BCUT2D eigenvalue weighted by Crippen LogP contribution is -2.18. The Morgan fingerprint density at radius 3 is 1.02 bits per heavy atom. The highest BCUT2D eigenvalue weighted by atomic mass is 15.1. The van der Waals surface area contributed by atoms with E-state index in [2.05, 4.69) is 375 Å². The maximum Gasteiger partial charge on any atom is 0.0468 e. The summed E-state index contributed by atoms with van der Waals surface area (Å²) < 4.78 is 0. The van der Waals surface area contributed by atoms with Crippen LogP contribution in [-0.2, 0) is 21.7 Å². The monoisotopic (exact) mass is 1280 g/mol. The maximum atomic E-state index is 2.57. The van der Waals surface area contributed by atoms with Crippen LogP contribution in [0.25, 0.3) is 93.9 Å².